The van der Waals surface area contributed by atoms with Crippen LogP contribution in [0.5, 0.6) is 0 Å². The molecule has 0 bridgehead atoms. The predicted molar refractivity (Wildman–Crippen MR) is 69.7 cm³/mol. The molecule has 0 amide bonds. The Morgan fingerprint density at radius 2 is 2.12 bits per heavy atom. The maximum Gasteiger partial charge on any atom is 0.124 e. The van der Waals surface area contributed by atoms with Gasteiger partial charge in [-0.2, -0.15) is 0 Å². The van der Waals surface area contributed by atoms with Crippen molar-refractivity contribution >= 4 is 11.6 Å². The maximum atomic E-state index is 13.1. The summed E-state index contributed by atoms with van der Waals surface area (Å²) in [6.07, 6.45) is 2.12. The van der Waals surface area contributed by atoms with E-state index < -0.39 is 0 Å². The highest BCUT2D eigenvalue weighted by atomic mass is 35.5. The van der Waals surface area contributed by atoms with E-state index in [0.29, 0.717) is 23.4 Å². The molecule has 94 valence electrons. The molecule has 2 N–H and O–H groups in total. The quantitative estimate of drug-likeness (QED) is 0.875. The molecule has 0 aromatic heterocycles. The summed E-state index contributed by atoms with van der Waals surface area (Å²) in [5.74, 6) is 1.10. The minimum absolute atomic E-state index is 0.0281. The molecule has 1 saturated carbocycles. The van der Waals surface area contributed by atoms with Crippen LogP contribution in [0, 0.1) is 17.7 Å². The molecule has 0 aliphatic heterocycles. The van der Waals surface area contributed by atoms with E-state index in [0.717, 1.165) is 18.4 Å². The highest BCUT2D eigenvalue weighted by molar-refractivity contribution is 6.31. The third-order valence-corrected chi connectivity index (χ3v) is 4.45. The zero-order valence-corrected chi connectivity index (χ0v) is 11.1. The van der Waals surface area contributed by atoms with Gasteiger partial charge >= 0.3 is 0 Å². The van der Waals surface area contributed by atoms with Crippen molar-refractivity contribution in [1.29, 1.82) is 0 Å². The predicted octanol–water partition coefficient (Wildman–Crippen LogP) is 3.74. The average Bonchev–Trinajstić information content (AvgIpc) is 2.19. The maximum absolute atomic E-state index is 13.1. The average molecular weight is 256 g/mol. The zero-order chi connectivity index (χ0) is 12.6. The Balaban J connectivity index is 2.26. The molecule has 3 heteroatoms. The molecule has 0 unspecified atom stereocenters. The topological polar surface area (TPSA) is 26.0 Å². The van der Waals surface area contributed by atoms with Gasteiger partial charge in [-0.3, -0.25) is 0 Å². The van der Waals surface area contributed by atoms with E-state index >= 15 is 0 Å². The monoisotopic (exact) mass is 255 g/mol. The lowest BCUT2D eigenvalue weighted by Crippen LogP contribution is -2.48. The summed E-state index contributed by atoms with van der Waals surface area (Å²) in [5.41, 5.74) is 6.90. The molecule has 1 aliphatic carbocycles. The summed E-state index contributed by atoms with van der Waals surface area (Å²) in [7, 11) is 0. The first kappa shape index (κ1) is 12.8. The Labute approximate surface area is 107 Å². The molecule has 1 nitrogen and oxygen atoms in total. The van der Waals surface area contributed by atoms with Gasteiger partial charge < -0.3 is 5.73 Å². The normalized spacial score (nSPS) is 28.2. The summed E-state index contributed by atoms with van der Waals surface area (Å²) < 4.78 is 13.1. The Morgan fingerprint density at radius 3 is 2.59 bits per heavy atom. The Bertz CT molecular complexity index is 411. The van der Waals surface area contributed by atoms with Gasteiger partial charge in [0, 0.05) is 17.0 Å². The van der Waals surface area contributed by atoms with Gasteiger partial charge in [0.05, 0.1) is 0 Å². The molecule has 0 radical (unpaired) electrons. The summed E-state index contributed by atoms with van der Waals surface area (Å²) in [4.78, 5) is 0. The molecule has 0 heterocycles. The van der Waals surface area contributed by atoms with Crippen molar-refractivity contribution in [3.8, 4) is 0 Å². The number of rotatable bonds is 3. The molecular formula is C14H19ClFN. The minimum atomic E-state index is -0.286. The van der Waals surface area contributed by atoms with E-state index in [4.69, 9.17) is 17.3 Å². The number of nitrogens with two attached hydrogens (primary N) is 1. The van der Waals surface area contributed by atoms with Crippen molar-refractivity contribution in [2.24, 2.45) is 17.6 Å². The lowest BCUT2D eigenvalue weighted by atomic mass is 9.56. The van der Waals surface area contributed by atoms with E-state index in [-0.39, 0.29) is 11.2 Å². The van der Waals surface area contributed by atoms with Gasteiger partial charge in [0.25, 0.3) is 0 Å². The fourth-order valence-electron chi connectivity index (χ4n) is 2.83. The van der Waals surface area contributed by atoms with Crippen LogP contribution >= 0.6 is 11.6 Å². The lowest BCUT2D eigenvalue weighted by Gasteiger charge is -2.50. The van der Waals surface area contributed by atoms with Crippen molar-refractivity contribution in [2.75, 3.05) is 6.54 Å². The van der Waals surface area contributed by atoms with Crippen LogP contribution in [0.4, 0.5) is 4.39 Å². The van der Waals surface area contributed by atoms with E-state index in [1.54, 1.807) is 6.07 Å². The van der Waals surface area contributed by atoms with Crippen molar-refractivity contribution < 1.29 is 4.39 Å². The van der Waals surface area contributed by atoms with Crippen LogP contribution in [0.15, 0.2) is 18.2 Å². The minimum Gasteiger partial charge on any atom is -0.330 e. The van der Waals surface area contributed by atoms with Gasteiger partial charge in [0.15, 0.2) is 0 Å². The van der Waals surface area contributed by atoms with E-state index in [1.807, 2.05) is 0 Å². The van der Waals surface area contributed by atoms with Crippen LogP contribution in [0.2, 0.25) is 5.02 Å². The number of halogens is 2. The van der Waals surface area contributed by atoms with Crippen LogP contribution in [-0.2, 0) is 5.41 Å². The first-order valence-electron chi connectivity index (χ1n) is 6.14. The second kappa shape index (κ2) is 4.58. The smallest absolute Gasteiger partial charge is 0.124 e. The Morgan fingerprint density at radius 1 is 1.47 bits per heavy atom. The summed E-state index contributed by atoms with van der Waals surface area (Å²) in [5, 5.41) is 0.512. The second-order valence-electron chi connectivity index (χ2n) is 5.52. The molecule has 1 aromatic carbocycles. The Kier molecular flexibility index (Phi) is 3.46. The van der Waals surface area contributed by atoms with Gasteiger partial charge in [-0.25, -0.2) is 4.39 Å². The number of hydrogen-bond acceptors (Lipinski definition) is 1. The lowest BCUT2D eigenvalue weighted by molar-refractivity contribution is 0.106. The first-order chi connectivity index (χ1) is 7.98. The highest BCUT2D eigenvalue weighted by Gasteiger charge is 2.46. The molecule has 1 aromatic rings. The molecule has 17 heavy (non-hydrogen) atoms. The molecule has 0 saturated heterocycles. The Hall–Kier alpha value is -0.600. The van der Waals surface area contributed by atoms with Gasteiger partial charge in [-0.15, -0.1) is 0 Å². The molecule has 1 aliphatic rings. The van der Waals surface area contributed by atoms with Crippen LogP contribution < -0.4 is 5.73 Å². The molecule has 0 atom stereocenters. The van der Waals surface area contributed by atoms with Crippen LogP contribution in [0.25, 0.3) is 0 Å². The zero-order valence-electron chi connectivity index (χ0n) is 10.3. The highest BCUT2D eigenvalue weighted by Crippen LogP contribution is 2.51. The van der Waals surface area contributed by atoms with Crippen molar-refractivity contribution in [3.05, 3.63) is 34.6 Å². The molecule has 0 spiro atoms. The van der Waals surface area contributed by atoms with E-state index in [2.05, 4.69) is 13.8 Å². The first-order valence-corrected chi connectivity index (χ1v) is 6.52. The van der Waals surface area contributed by atoms with Crippen LogP contribution in [-0.4, -0.2) is 6.54 Å². The van der Waals surface area contributed by atoms with E-state index in [1.165, 1.54) is 12.1 Å². The second-order valence-corrected chi connectivity index (χ2v) is 5.93. The SMILES string of the molecule is CC(C)C1CC(CN)(c2ccc(F)cc2Cl)C1. The van der Waals surface area contributed by atoms with Gasteiger partial charge in [0.2, 0.25) is 0 Å². The van der Waals surface area contributed by atoms with Crippen LogP contribution in [0.3, 0.4) is 0 Å². The number of benzene rings is 1. The van der Waals surface area contributed by atoms with Crippen LogP contribution in [0.1, 0.15) is 32.3 Å². The number of hydrogen-bond donors (Lipinski definition) is 1. The molecule has 1 fully saturated rings. The fourth-order valence-corrected chi connectivity index (χ4v) is 3.20. The van der Waals surface area contributed by atoms with Gasteiger partial charge in [0.1, 0.15) is 5.82 Å². The largest absolute Gasteiger partial charge is 0.330 e. The van der Waals surface area contributed by atoms with Gasteiger partial charge in [-0.1, -0.05) is 31.5 Å². The molecular weight excluding hydrogens is 237 g/mol. The van der Waals surface area contributed by atoms with Crippen molar-refractivity contribution in [1.82, 2.24) is 0 Å². The van der Waals surface area contributed by atoms with Crippen molar-refractivity contribution in [3.63, 3.8) is 0 Å². The van der Waals surface area contributed by atoms with Gasteiger partial charge in [-0.05, 0) is 42.4 Å². The van der Waals surface area contributed by atoms with Crippen molar-refractivity contribution in [2.45, 2.75) is 32.1 Å². The summed E-state index contributed by atoms with van der Waals surface area (Å²) in [6.45, 7) is 5.05. The van der Waals surface area contributed by atoms with E-state index in [9.17, 15) is 4.39 Å². The summed E-state index contributed by atoms with van der Waals surface area (Å²) >= 11 is 6.14. The standard InChI is InChI=1S/C14H19ClFN/c1-9(2)10-6-14(7-10,8-17)12-4-3-11(16)5-13(12)15/h3-5,9-10H,6-8,17H2,1-2H3. The summed E-state index contributed by atoms with van der Waals surface area (Å²) in [6, 6.07) is 4.65. The third-order valence-electron chi connectivity index (χ3n) is 4.14. The molecule has 2 rings (SSSR count). The third kappa shape index (κ3) is 2.21. The fraction of sp³-hybridized carbons (Fsp3) is 0.571.